The summed E-state index contributed by atoms with van der Waals surface area (Å²) in [5.41, 5.74) is 1.20. The summed E-state index contributed by atoms with van der Waals surface area (Å²) in [6.45, 7) is 13.2. The van der Waals surface area contributed by atoms with Crippen molar-refractivity contribution < 1.29 is 0 Å². The van der Waals surface area contributed by atoms with Gasteiger partial charge in [0.1, 0.15) is 8.24 Å². The lowest BCUT2D eigenvalue weighted by molar-refractivity contribution is 1.26. The monoisotopic (exact) mass is 263 g/mol. The Labute approximate surface area is 108 Å². The van der Waals surface area contributed by atoms with Crippen molar-refractivity contribution in [1.29, 1.82) is 0 Å². The third kappa shape index (κ3) is 4.62. The molecule has 0 radical (unpaired) electrons. The van der Waals surface area contributed by atoms with Crippen LogP contribution in [0.5, 0.6) is 0 Å². The molecule has 0 saturated heterocycles. The molecule has 2 N–H and O–H groups in total. The first-order chi connectivity index (χ1) is 7.74. The van der Waals surface area contributed by atoms with E-state index in [-0.39, 0.29) is 0 Å². The Balaban J connectivity index is 2.77. The van der Waals surface area contributed by atoms with Crippen LogP contribution in [0, 0.1) is 0 Å². The second-order valence-corrected chi connectivity index (χ2v) is 15.5. The molecule has 0 fully saturated rings. The molecule has 0 atom stereocenters. The molecule has 0 aliphatic rings. The maximum atomic E-state index is 6.21. The summed E-state index contributed by atoms with van der Waals surface area (Å²) < 4.78 is 0. The molecule has 0 spiro atoms. The minimum absolute atomic E-state index is 1.20. The summed E-state index contributed by atoms with van der Waals surface area (Å²) in [6.07, 6.45) is 1.90. The SMILES string of the molecule is C=Cc1ccc([Si](C)(C)CC[Si](C)(C)N)cc1. The Hall–Kier alpha value is -0.646. The van der Waals surface area contributed by atoms with Crippen molar-refractivity contribution in [2.75, 3.05) is 0 Å². The Bertz CT molecular complexity index is 374. The highest BCUT2D eigenvalue weighted by Crippen LogP contribution is 2.17. The van der Waals surface area contributed by atoms with E-state index in [9.17, 15) is 0 Å². The molecule has 0 amide bonds. The molecular weight excluding hydrogens is 238 g/mol. The van der Waals surface area contributed by atoms with Gasteiger partial charge in [-0.3, -0.25) is 0 Å². The van der Waals surface area contributed by atoms with Crippen molar-refractivity contribution in [3.05, 3.63) is 36.4 Å². The highest BCUT2D eigenvalue weighted by Gasteiger charge is 2.26. The maximum absolute atomic E-state index is 6.21. The van der Waals surface area contributed by atoms with Gasteiger partial charge in [-0.15, -0.1) is 0 Å². The van der Waals surface area contributed by atoms with E-state index in [1.54, 1.807) is 0 Å². The molecule has 1 aromatic carbocycles. The zero-order valence-corrected chi connectivity index (χ0v) is 13.6. The molecule has 1 aromatic rings. The van der Waals surface area contributed by atoms with Gasteiger partial charge in [0, 0.05) is 0 Å². The van der Waals surface area contributed by atoms with Gasteiger partial charge in [-0.2, -0.15) is 0 Å². The second kappa shape index (κ2) is 5.33. The molecule has 0 heterocycles. The minimum Gasteiger partial charge on any atom is -0.351 e. The number of hydrogen-bond acceptors (Lipinski definition) is 1. The van der Waals surface area contributed by atoms with Gasteiger partial charge in [0.25, 0.3) is 0 Å². The summed E-state index contributed by atoms with van der Waals surface area (Å²) in [6, 6.07) is 11.4. The molecule has 0 aliphatic carbocycles. The fourth-order valence-electron chi connectivity index (χ4n) is 1.85. The average Bonchev–Trinajstić information content (AvgIpc) is 2.26. The molecule has 0 aliphatic heterocycles. The van der Waals surface area contributed by atoms with Crippen molar-refractivity contribution in [3.63, 3.8) is 0 Å². The third-order valence-corrected chi connectivity index (χ3v) is 8.76. The van der Waals surface area contributed by atoms with E-state index < -0.39 is 16.3 Å². The molecule has 3 heteroatoms. The van der Waals surface area contributed by atoms with Crippen LogP contribution in [-0.2, 0) is 0 Å². The molecule has 1 nitrogen and oxygen atoms in total. The van der Waals surface area contributed by atoms with Gasteiger partial charge in [0.2, 0.25) is 0 Å². The molecule has 0 saturated carbocycles. The third-order valence-electron chi connectivity index (χ3n) is 3.32. The predicted molar refractivity (Wildman–Crippen MR) is 84.9 cm³/mol. The van der Waals surface area contributed by atoms with Gasteiger partial charge in [-0.25, -0.2) is 0 Å². The van der Waals surface area contributed by atoms with Crippen molar-refractivity contribution in [2.24, 2.45) is 5.40 Å². The number of hydrogen-bond donors (Lipinski definition) is 1. The topological polar surface area (TPSA) is 26.0 Å². The maximum Gasteiger partial charge on any atom is 0.116 e. The van der Waals surface area contributed by atoms with Gasteiger partial charge in [0.15, 0.2) is 0 Å². The first-order valence-electron chi connectivity index (χ1n) is 6.26. The summed E-state index contributed by atoms with van der Waals surface area (Å²) in [7, 11) is -2.70. The Morgan fingerprint density at radius 1 is 1.06 bits per heavy atom. The zero-order chi connectivity index (χ0) is 13.1. The van der Waals surface area contributed by atoms with Crippen LogP contribution in [0.25, 0.3) is 6.08 Å². The van der Waals surface area contributed by atoms with E-state index in [2.05, 4.69) is 57.0 Å². The van der Waals surface area contributed by atoms with Crippen LogP contribution >= 0.6 is 0 Å². The second-order valence-electron chi connectivity index (χ2n) is 6.20. The van der Waals surface area contributed by atoms with E-state index in [0.717, 1.165) is 0 Å². The molecule has 0 aromatic heterocycles. The highest BCUT2D eigenvalue weighted by atomic mass is 28.3. The van der Waals surface area contributed by atoms with E-state index in [1.807, 2.05) is 6.08 Å². The first-order valence-corrected chi connectivity index (χ1v) is 12.8. The van der Waals surface area contributed by atoms with Crippen LogP contribution in [-0.4, -0.2) is 16.3 Å². The summed E-state index contributed by atoms with van der Waals surface area (Å²) >= 11 is 0. The van der Waals surface area contributed by atoms with E-state index in [4.69, 9.17) is 5.40 Å². The summed E-state index contributed by atoms with van der Waals surface area (Å²) in [5, 5.41) is 7.74. The number of nitrogens with two attached hydrogens (primary N) is 1. The van der Waals surface area contributed by atoms with E-state index in [0.29, 0.717) is 0 Å². The van der Waals surface area contributed by atoms with Crippen molar-refractivity contribution in [3.8, 4) is 0 Å². The van der Waals surface area contributed by atoms with Crippen LogP contribution in [0.2, 0.25) is 38.3 Å². The fraction of sp³-hybridized carbons (Fsp3) is 0.429. The normalized spacial score (nSPS) is 12.5. The lowest BCUT2D eigenvalue weighted by Crippen LogP contribution is -2.45. The Morgan fingerprint density at radius 2 is 1.59 bits per heavy atom. The van der Waals surface area contributed by atoms with Crippen LogP contribution in [0.15, 0.2) is 30.8 Å². The largest absolute Gasteiger partial charge is 0.351 e. The standard InChI is InChI=1S/C14H25NSi2/c1-6-13-7-9-14(10-8-13)16(2,3)11-12-17(4,5)15/h6-10H,1,11-12,15H2,2-5H3. The molecule has 0 unspecified atom stereocenters. The predicted octanol–water partition coefficient (Wildman–Crippen LogP) is 3.41. The molecule has 17 heavy (non-hydrogen) atoms. The fourth-order valence-corrected chi connectivity index (χ4v) is 8.28. The quantitative estimate of drug-likeness (QED) is 0.810. The van der Waals surface area contributed by atoms with Crippen LogP contribution in [0.4, 0.5) is 0 Å². The van der Waals surface area contributed by atoms with E-state index >= 15 is 0 Å². The van der Waals surface area contributed by atoms with Gasteiger partial charge in [-0.05, 0) is 11.6 Å². The zero-order valence-electron chi connectivity index (χ0n) is 11.6. The molecular formula is C14H25NSi2. The molecule has 0 bridgehead atoms. The van der Waals surface area contributed by atoms with Crippen LogP contribution < -0.4 is 10.6 Å². The van der Waals surface area contributed by atoms with Gasteiger partial charge >= 0.3 is 0 Å². The number of benzene rings is 1. The van der Waals surface area contributed by atoms with Gasteiger partial charge < -0.3 is 5.40 Å². The van der Waals surface area contributed by atoms with E-state index in [1.165, 1.54) is 22.8 Å². The lowest BCUT2D eigenvalue weighted by Gasteiger charge is -2.26. The Kier molecular flexibility index (Phi) is 4.52. The van der Waals surface area contributed by atoms with Crippen LogP contribution in [0.1, 0.15) is 5.56 Å². The summed E-state index contributed by atoms with van der Waals surface area (Å²) in [4.78, 5) is 0. The van der Waals surface area contributed by atoms with Crippen molar-refractivity contribution in [2.45, 2.75) is 38.3 Å². The van der Waals surface area contributed by atoms with Crippen molar-refractivity contribution in [1.82, 2.24) is 0 Å². The number of rotatable bonds is 5. The Morgan fingerprint density at radius 3 is 2.00 bits per heavy atom. The minimum atomic E-state index is -1.40. The molecule has 94 valence electrons. The lowest BCUT2D eigenvalue weighted by atomic mass is 10.2. The van der Waals surface area contributed by atoms with Crippen molar-refractivity contribution >= 4 is 27.6 Å². The highest BCUT2D eigenvalue weighted by molar-refractivity contribution is 6.91. The van der Waals surface area contributed by atoms with Gasteiger partial charge in [-0.1, -0.05) is 74.3 Å². The summed E-state index contributed by atoms with van der Waals surface area (Å²) in [5.74, 6) is 0. The molecule has 1 rings (SSSR count). The first kappa shape index (κ1) is 14.4. The van der Waals surface area contributed by atoms with Gasteiger partial charge in [0.05, 0.1) is 8.07 Å². The average molecular weight is 264 g/mol. The van der Waals surface area contributed by atoms with Crippen LogP contribution in [0.3, 0.4) is 0 Å². The smallest absolute Gasteiger partial charge is 0.116 e.